The Hall–Kier alpha value is -2.47. The summed E-state index contributed by atoms with van der Waals surface area (Å²) < 4.78 is 29.6. The number of hydrogen-bond acceptors (Lipinski definition) is 3. The predicted octanol–water partition coefficient (Wildman–Crippen LogP) is 4.31. The summed E-state index contributed by atoms with van der Waals surface area (Å²) in [5, 5.41) is 3.50. The molecule has 1 saturated heterocycles. The monoisotopic (exact) mass is 367 g/mol. The van der Waals surface area contributed by atoms with E-state index in [2.05, 4.69) is 66.0 Å². The van der Waals surface area contributed by atoms with Gasteiger partial charge in [-0.05, 0) is 30.2 Å². The molecule has 2 N–H and O–H groups in total. The van der Waals surface area contributed by atoms with E-state index in [1.165, 1.54) is 23.3 Å². The SMILES string of the molecule is Cc1ccc(S(=O)(=O)O)cc1.c1ccc(C2NC2c2ccccc2)cc1. The van der Waals surface area contributed by atoms with Crippen molar-refractivity contribution >= 4 is 10.1 Å². The number of nitrogens with one attached hydrogen (secondary N) is 1. The van der Waals surface area contributed by atoms with Gasteiger partial charge in [0.15, 0.2) is 0 Å². The van der Waals surface area contributed by atoms with Crippen molar-refractivity contribution in [3.05, 3.63) is 102 Å². The van der Waals surface area contributed by atoms with Crippen LogP contribution in [0.25, 0.3) is 0 Å². The highest BCUT2D eigenvalue weighted by molar-refractivity contribution is 7.85. The van der Waals surface area contributed by atoms with Crippen LogP contribution in [0.1, 0.15) is 28.8 Å². The third kappa shape index (κ3) is 4.79. The minimum absolute atomic E-state index is 0.0666. The van der Waals surface area contributed by atoms with Gasteiger partial charge in [-0.15, -0.1) is 0 Å². The fraction of sp³-hybridized carbons (Fsp3) is 0.143. The van der Waals surface area contributed by atoms with Crippen LogP contribution in [0.2, 0.25) is 0 Å². The largest absolute Gasteiger partial charge is 0.300 e. The van der Waals surface area contributed by atoms with E-state index in [1.807, 2.05) is 6.92 Å². The topological polar surface area (TPSA) is 76.3 Å². The van der Waals surface area contributed by atoms with Crippen molar-refractivity contribution < 1.29 is 13.0 Å². The first-order valence-electron chi connectivity index (χ1n) is 8.35. The maximum atomic E-state index is 10.5. The second kappa shape index (κ2) is 7.83. The third-order valence-electron chi connectivity index (χ3n) is 4.22. The summed E-state index contributed by atoms with van der Waals surface area (Å²) in [5.74, 6) is 0. The number of rotatable bonds is 3. The molecule has 0 amide bonds. The molecule has 1 fully saturated rings. The Morgan fingerprint density at radius 2 is 1.15 bits per heavy atom. The van der Waals surface area contributed by atoms with Gasteiger partial charge in [-0.25, -0.2) is 0 Å². The van der Waals surface area contributed by atoms with Crippen LogP contribution < -0.4 is 5.32 Å². The van der Waals surface area contributed by atoms with E-state index in [-0.39, 0.29) is 4.90 Å². The quantitative estimate of drug-likeness (QED) is 0.534. The molecule has 1 heterocycles. The Bertz CT molecular complexity index is 896. The van der Waals surface area contributed by atoms with Gasteiger partial charge in [-0.2, -0.15) is 8.42 Å². The van der Waals surface area contributed by atoms with Crippen LogP contribution in [0.3, 0.4) is 0 Å². The van der Waals surface area contributed by atoms with Crippen molar-refractivity contribution in [1.82, 2.24) is 5.32 Å². The fourth-order valence-corrected chi connectivity index (χ4v) is 3.23. The van der Waals surface area contributed by atoms with Crippen molar-refractivity contribution in [3.63, 3.8) is 0 Å². The van der Waals surface area contributed by atoms with Crippen molar-refractivity contribution in [2.45, 2.75) is 23.9 Å². The van der Waals surface area contributed by atoms with Crippen LogP contribution in [0.5, 0.6) is 0 Å². The average Bonchev–Trinajstić information content (AvgIpc) is 3.44. The molecule has 4 nitrogen and oxygen atoms in total. The van der Waals surface area contributed by atoms with Crippen LogP contribution in [0.15, 0.2) is 89.8 Å². The standard InChI is InChI=1S/C14H13N.C7H8O3S/c1-3-7-11(8-4-1)13-14(15-13)12-9-5-2-6-10-12;1-6-2-4-7(5-3-6)11(8,9)10/h1-10,13-15H;2-5H,1H3,(H,8,9,10). The van der Waals surface area contributed by atoms with Crippen LogP contribution in [0.4, 0.5) is 0 Å². The molecule has 3 aromatic carbocycles. The van der Waals surface area contributed by atoms with E-state index in [9.17, 15) is 8.42 Å². The van der Waals surface area contributed by atoms with Crippen molar-refractivity contribution in [2.75, 3.05) is 0 Å². The zero-order chi connectivity index (χ0) is 18.6. The highest BCUT2D eigenvalue weighted by Crippen LogP contribution is 2.41. The molecule has 1 aliphatic rings. The number of aryl methyl sites for hydroxylation is 1. The van der Waals surface area contributed by atoms with Gasteiger partial charge in [0.1, 0.15) is 0 Å². The number of hydrogen-bond donors (Lipinski definition) is 2. The summed E-state index contributed by atoms with van der Waals surface area (Å²) in [4.78, 5) is -0.0666. The minimum Gasteiger partial charge on any atom is -0.300 e. The minimum atomic E-state index is -4.02. The zero-order valence-corrected chi connectivity index (χ0v) is 15.2. The van der Waals surface area contributed by atoms with Crippen LogP contribution in [0, 0.1) is 6.92 Å². The van der Waals surface area contributed by atoms with E-state index in [0.717, 1.165) is 5.56 Å². The van der Waals surface area contributed by atoms with Gasteiger partial charge in [0.25, 0.3) is 10.1 Å². The maximum Gasteiger partial charge on any atom is 0.294 e. The molecular formula is C21H21NO3S. The summed E-state index contributed by atoms with van der Waals surface area (Å²) in [5.41, 5.74) is 3.72. The molecule has 0 aliphatic carbocycles. The first kappa shape index (κ1) is 18.3. The fourth-order valence-electron chi connectivity index (χ4n) is 2.75. The predicted molar refractivity (Wildman–Crippen MR) is 102 cm³/mol. The van der Waals surface area contributed by atoms with Gasteiger partial charge in [0, 0.05) is 0 Å². The summed E-state index contributed by atoms with van der Waals surface area (Å²) >= 11 is 0. The third-order valence-corrected chi connectivity index (χ3v) is 5.09. The number of benzene rings is 3. The molecule has 1 aliphatic heterocycles. The smallest absolute Gasteiger partial charge is 0.294 e. The summed E-state index contributed by atoms with van der Waals surface area (Å²) in [6, 6.07) is 28.2. The van der Waals surface area contributed by atoms with Gasteiger partial charge in [-0.1, -0.05) is 78.4 Å². The zero-order valence-electron chi connectivity index (χ0n) is 14.4. The van der Waals surface area contributed by atoms with E-state index in [0.29, 0.717) is 12.1 Å². The lowest BCUT2D eigenvalue weighted by molar-refractivity contribution is 0.483. The van der Waals surface area contributed by atoms with Gasteiger partial charge < -0.3 is 0 Å². The van der Waals surface area contributed by atoms with Gasteiger partial charge >= 0.3 is 0 Å². The first-order valence-corrected chi connectivity index (χ1v) is 9.79. The molecule has 26 heavy (non-hydrogen) atoms. The molecule has 0 radical (unpaired) electrons. The maximum absolute atomic E-state index is 10.5. The molecule has 5 heteroatoms. The molecule has 4 rings (SSSR count). The van der Waals surface area contributed by atoms with Crippen LogP contribution in [-0.2, 0) is 10.1 Å². The van der Waals surface area contributed by atoms with E-state index >= 15 is 0 Å². The Kier molecular flexibility index (Phi) is 5.52. The average molecular weight is 367 g/mol. The molecular weight excluding hydrogens is 346 g/mol. The highest BCUT2D eigenvalue weighted by atomic mass is 32.2. The first-order chi connectivity index (χ1) is 12.4. The Morgan fingerprint density at radius 1 is 0.731 bits per heavy atom. The van der Waals surface area contributed by atoms with Crippen molar-refractivity contribution in [1.29, 1.82) is 0 Å². The lowest BCUT2D eigenvalue weighted by atomic mass is 10.0. The van der Waals surface area contributed by atoms with Crippen LogP contribution >= 0.6 is 0 Å². The Labute approximate surface area is 154 Å². The Balaban J connectivity index is 0.000000160. The molecule has 134 valence electrons. The van der Waals surface area contributed by atoms with Gasteiger partial charge in [-0.3, -0.25) is 9.87 Å². The normalized spacial score (nSPS) is 18.5. The van der Waals surface area contributed by atoms with Gasteiger partial charge in [0.05, 0.1) is 17.0 Å². The molecule has 0 saturated carbocycles. The van der Waals surface area contributed by atoms with Crippen molar-refractivity contribution in [3.8, 4) is 0 Å². The summed E-state index contributed by atoms with van der Waals surface area (Å²) in [6.07, 6.45) is 0. The highest BCUT2D eigenvalue weighted by Gasteiger charge is 2.38. The lowest BCUT2D eigenvalue weighted by Crippen LogP contribution is -1.96. The van der Waals surface area contributed by atoms with Crippen LogP contribution in [-0.4, -0.2) is 13.0 Å². The molecule has 0 aromatic heterocycles. The van der Waals surface area contributed by atoms with E-state index < -0.39 is 10.1 Å². The molecule has 3 aromatic rings. The summed E-state index contributed by atoms with van der Waals surface area (Å²) in [7, 11) is -4.02. The summed E-state index contributed by atoms with van der Waals surface area (Å²) in [6.45, 7) is 1.84. The molecule has 0 bridgehead atoms. The Morgan fingerprint density at radius 3 is 1.54 bits per heavy atom. The van der Waals surface area contributed by atoms with E-state index in [4.69, 9.17) is 4.55 Å². The lowest BCUT2D eigenvalue weighted by Gasteiger charge is -1.97. The van der Waals surface area contributed by atoms with E-state index in [1.54, 1.807) is 12.1 Å². The van der Waals surface area contributed by atoms with Gasteiger partial charge in [0.2, 0.25) is 0 Å². The molecule has 2 unspecified atom stereocenters. The second-order valence-electron chi connectivity index (χ2n) is 6.23. The second-order valence-corrected chi connectivity index (χ2v) is 7.65. The van der Waals surface area contributed by atoms with Crippen molar-refractivity contribution in [2.24, 2.45) is 0 Å². The molecule has 2 atom stereocenters. The molecule has 0 spiro atoms.